The van der Waals surface area contributed by atoms with Crippen LogP contribution in [0, 0.1) is 17.1 Å². The van der Waals surface area contributed by atoms with E-state index >= 15 is 0 Å². The Morgan fingerprint density at radius 3 is 2.72 bits per heavy atom. The van der Waals surface area contributed by atoms with Crippen molar-refractivity contribution in [1.29, 1.82) is 5.26 Å². The molecule has 124 valence electrons. The fraction of sp³-hybridized carbons (Fsp3) is 0.158. The number of fused-ring (bicyclic) bond motifs is 1. The zero-order valence-corrected chi connectivity index (χ0v) is 14.6. The summed E-state index contributed by atoms with van der Waals surface area (Å²) in [5.41, 5.74) is 0.819. The van der Waals surface area contributed by atoms with Crippen molar-refractivity contribution in [3.8, 4) is 6.07 Å². The lowest BCUT2D eigenvalue weighted by Gasteiger charge is -2.23. The van der Waals surface area contributed by atoms with Crippen LogP contribution in [0.1, 0.15) is 34.8 Å². The molecule has 1 aliphatic heterocycles. The van der Waals surface area contributed by atoms with Crippen LogP contribution in [-0.2, 0) is 5.60 Å². The maximum Gasteiger partial charge on any atom is 0.133 e. The third-order valence-electron chi connectivity index (χ3n) is 4.72. The highest BCUT2D eigenvalue weighted by Gasteiger charge is 2.45. The van der Waals surface area contributed by atoms with E-state index in [1.54, 1.807) is 29.2 Å². The van der Waals surface area contributed by atoms with Crippen LogP contribution in [0.25, 0.3) is 0 Å². The van der Waals surface area contributed by atoms with Gasteiger partial charge in [0.1, 0.15) is 11.4 Å². The third kappa shape index (κ3) is 2.48. The molecule has 0 saturated carbocycles. The smallest absolute Gasteiger partial charge is 0.133 e. The summed E-state index contributed by atoms with van der Waals surface area (Å²) < 4.78 is 17.2. The highest BCUT2D eigenvalue weighted by Crippen LogP contribution is 2.47. The summed E-state index contributed by atoms with van der Waals surface area (Å²) in [6.45, 7) is 0. The third-order valence-corrected chi connectivity index (χ3v) is 5.25. The average Bonchev–Trinajstić information content (AvgIpc) is 3.19. The van der Waals surface area contributed by atoms with Gasteiger partial charge in [-0.25, -0.2) is 9.37 Å². The number of aliphatic hydroxyl groups is 1. The number of hydrogen-bond acceptors (Lipinski definition) is 3. The molecule has 0 spiro atoms. The fourth-order valence-electron chi connectivity index (χ4n) is 3.47. The first-order chi connectivity index (χ1) is 12.0. The van der Waals surface area contributed by atoms with E-state index < -0.39 is 11.4 Å². The summed E-state index contributed by atoms with van der Waals surface area (Å²) in [4.78, 5) is 4.14. The van der Waals surface area contributed by atoms with Crippen molar-refractivity contribution in [1.82, 2.24) is 9.55 Å². The van der Waals surface area contributed by atoms with Gasteiger partial charge in [-0.1, -0.05) is 34.1 Å². The second kappa shape index (κ2) is 5.80. The Labute approximate surface area is 152 Å². The minimum atomic E-state index is -1.25. The molecule has 6 heteroatoms. The summed E-state index contributed by atoms with van der Waals surface area (Å²) in [7, 11) is 0. The van der Waals surface area contributed by atoms with E-state index in [1.807, 2.05) is 30.3 Å². The lowest BCUT2D eigenvalue weighted by molar-refractivity contribution is 0.0792. The SMILES string of the molecule is N#Cc1ccc([C@H]2C[C@](O)(c3ccc(Br)cc3)c3cncn32)c(F)c1. The number of imidazole rings is 1. The summed E-state index contributed by atoms with van der Waals surface area (Å²) in [5, 5.41) is 20.3. The van der Waals surface area contributed by atoms with Gasteiger partial charge >= 0.3 is 0 Å². The molecule has 2 aromatic carbocycles. The van der Waals surface area contributed by atoms with Gasteiger partial charge in [0, 0.05) is 16.5 Å². The minimum absolute atomic E-state index is 0.272. The molecule has 0 saturated heterocycles. The Hall–Kier alpha value is -2.49. The maximum atomic E-state index is 14.5. The number of nitrogens with zero attached hydrogens (tertiary/aromatic N) is 3. The van der Waals surface area contributed by atoms with Gasteiger partial charge in [0.05, 0.1) is 35.9 Å². The van der Waals surface area contributed by atoms with Gasteiger partial charge in [-0.05, 0) is 29.8 Å². The van der Waals surface area contributed by atoms with Crippen LogP contribution in [-0.4, -0.2) is 14.7 Å². The Morgan fingerprint density at radius 2 is 2.04 bits per heavy atom. The van der Waals surface area contributed by atoms with Crippen molar-refractivity contribution >= 4 is 15.9 Å². The molecule has 0 aliphatic carbocycles. The van der Waals surface area contributed by atoms with E-state index in [-0.39, 0.29) is 11.6 Å². The molecule has 25 heavy (non-hydrogen) atoms. The molecule has 0 bridgehead atoms. The van der Waals surface area contributed by atoms with Gasteiger partial charge in [-0.3, -0.25) is 0 Å². The Kier molecular flexibility index (Phi) is 3.71. The zero-order valence-electron chi connectivity index (χ0n) is 13.0. The molecule has 2 atom stereocenters. The summed E-state index contributed by atoms with van der Waals surface area (Å²) in [6.07, 6.45) is 3.52. The average molecular weight is 398 g/mol. The number of halogens is 2. The molecule has 4 nitrogen and oxygen atoms in total. The molecular weight excluding hydrogens is 385 g/mol. The molecule has 3 aromatic rings. The van der Waals surface area contributed by atoms with Gasteiger partial charge in [-0.2, -0.15) is 5.26 Å². The van der Waals surface area contributed by atoms with Crippen LogP contribution in [0.5, 0.6) is 0 Å². The van der Waals surface area contributed by atoms with Crippen LogP contribution in [0.3, 0.4) is 0 Å². The normalized spacial score (nSPS) is 21.8. The quantitative estimate of drug-likeness (QED) is 0.713. The first-order valence-electron chi connectivity index (χ1n) is 7.73. The fourth-order valence-corrected chi connectivity index (χ4v) is 3.74. The van der Waals surface area contributed by atoms with Crippen molar-refractivity contribution in [2.75, 3.05) is 0 Å². The van der Waals surface area contributed by atoms with Crippen LogP contribution in [0.2, 0.25) is 0 Å². The lowest BCUT2D eigenvalue weighted by atomic mass is 9.86. The van der Waals surface area contributed by atoms with Crippen molar-refractivity contribution in [2.45, 2.75) is 18.1 Å². The largest absolute Gasteiger partial charge is 0.379 e. The van der Waals surface area contributed by atoms with Gasteiger partial charge < -0.3 is 9.67 Å². The molecule has 2 heterocycles. The molecule has 0 radical (unpaired) electrons. The number of benzene rings is 2. The number of hydrogen-bond donors (Lipinski definition) is 1. The van der Waals surface area contributed by atoms with Crippen molar-refractivity contribution in [3.63, 3.8) is 0 Å². The number of aromatic nitrogens is 2. The summed E-state index contributed by atoms with van der Waals surface area (Å²) in [5.74, 6) is -0.455. The summed E-state index contributed by atoms with van der Waals surface area (Å²) >= 11 is 3.39. The van der Waals surface area contributed by atoms with E-state index in [9.17, 15) is 9.50 Å². The molecule has 0 amide bonds. The topological polar surface area (TPSA) is 61.8 Å². The number of rotatable bonds is 2. The highest BCUT2D eigenvalue weighted by atomic mass is 79.9. The second-order valence-corrected chi connectivity index (χ2v) is 7.04. The van der Waals surface area contributed by atoms with Gasteiger partial charge in [0.2, 0.25) is 0 Å². The molecule has 0 fully saturated rings. The van der Waals surface area contributed by atoms with Crippen molar-refractivity contribution in [3.05, 3.63) is 87.7 Å². The Balaban J connectivity index is 1.81. The van der Waals surface area contributed by atoms with E-state index in [1.165, 1.54) is 6.07 Å². The van der Waals surface area contributed by atoms with Crippen LogP contribution in [0.4, 0.5) is 4.39 Å². The van der Waals surface area contributed by atoms with Gasteiger partial charge in [-0.15, -0.1) is 0 Å². The van der Waals surface area contributed by atoms with Crippen LogP contribution in [0.15, 0.2) is 59.5 Å². The first kappa shape index (κ1) is 16.0. The predicted octanol–water partition coefficient (Wildman–Crippen LogP) is 3.89. The molecule has 1 aromatic heterocycles. The lowest BCUT2D eigenvalue weighted by Crippen LogP contribution is -2.24. The van der Waals surface area contributed by atoms with E-state index in [2.05, 4.69) is 20.9 Å². The van der Waals surface area contributed by atoms with Crippen LogP contribution < -0.4 is 0 Å². The molecule has 0 unspecified atom stereocenters. The van der Waals surface area contributed by atoms with E-state index in [0.717, 1.165) is 10.0 Å². The molecule has 1 aliphatic rings. The molecule has 1 N–H and O–H groups in total. The Morgan fingerprint density at radius 1 is 1.28 bits per heavy atom. The minimum Gasteiger partial charge on any atom is -0.379 e. The zero-order chi connectivity index (χ0) is 17.6. The first-order valence-corrected chi connectivity index (χ1v) is 8.52. The van der Waals surface area contributed by atoms with Gasteiger partial charge in [0.25, 0.3) is 0 Å². The maximum absolute atomic E-state index is 14.5. The van der Waals surface area contributed by atoms with E-state index in [0.29, 0.717) is 17.7 Å². The standard InChI is InChI=1S/C19H13BrFN3O/c20-14-4-2-13(3-5-14)19(25)8-17(24-11-23-10-18(19)24)15-6-1-12(9-22)7-16(15)21/h1-7,10-11,17,25H,8H2/t17-,19+/m1/s1. The predicted molar refractivity (Wildman–Crippen MR) is 93.2 cm³/mol. The molecular formula is C19H13BrFN3O. The summed E-state index contributed by atoms with van der Waals surface area (Å²) in [6, 6.07) is 13.4. The molecule has 4 rings (SSSR count). The van der Waals surface area contributed by atoms with Crippen molar-refractivity contribution < 1.29 is 9.50 Å². The monoisotopic (exact) mass is 397 g/mol. The van der Waals surface area contributed by atoms with Crippen LogP contribution >= 0.6 is 15.9 Å². The van der Waals surface area contributed by atoms with E-state index in [4.69, 9.17) is 5.26 Å². The number of nitriles is 1. The second-order valence-electron chi connectivity index (χ2n) is 6.12. The Bertz CT molecular complexity index is 993. The van der Waals surface area contributed by atoms with Crippen molar-refractivity contribution in [2.24, 2.45) is 0 Å². The highest BCUT2D eigenvalue weighted by molar-refractivity contribution is 9.10. The van der Waals surface area contributed by atoms with Gasteiger partial charge in [0.15, 0.2) is 0 Å².